The minimum absolute atomic E-state index is 0.735. The number of phosphoric acid groups is 2. The number of H-pyrrole nitrogens is 1. The molecular weight excluding hydrogens is 554 g/mol. The summed E-state index contributed by atoms with van der Waals surface area (Å²) in [5, 5.41) is 58.8. The fourth-order valence-corrected chi connectivity index (χ4v) is 5.64. The lowest BCUT2D eigenvalue weighted by Gasteiger charge is -2.39. The number of aromatic nitrogens is 2. The van der Waals surface area contributed by atoms with Gasteiger partial charge in [-0.15, -0.1) is 0 Å². The van der Waals surface area contributed by atoms with Gasteiger partial charge in [0.05, 0.1) is 19.8 Å². The number of nitrogens with one attached hydrogen (secondary N) is 1. The van der Waals surface area contributed by atoms with E-state index in [0.29, 0.717) is 0 Å². The molecule has 2 saturated heterocycles. The van der Waals surface area contributed by atoms with Crippen molar-refractivity contribution in [3.63, 3.8) is 0 Å². The summed E-state index contributed by atoms with van der Waals surface area (Å²) >= 11 is 0. The number of aliphatic hydroxyl groups excluding tert-OH is 6. The summed E-state index contributed by atoms with van der Waals surface area (Å²) < 4.78 is 48.4. The second kappa shape index (κ2) is 11.8. The second-order valence-corrected chi connectivity index (χ2v) is 11.1. The zero-order valence-electron chi connectivity index (χ0n) is 18.6. The van der Waals surface area contributed by atoms with E-state index in [4.69, 9.17) is 14.6 Å². The van der Waals surface area contributed by atoms with Crippen molar-refractivity contribution in [1.82, 2.24) is 9.55 Å². The Morgan fingerprint density at radius 1 is 0.838 bits per heavy atom. The Morgan fingerprint density at radius 3 is 1.89 bits per heavy atom. The summed E-state index contributed by atoms with van der Waals surface area (Å²) in [5.74, 6) is 0. The lowest BCUT2D eigenvalue weighted by atomic mass is 9.95. The maximum atomic E-state index is 12.1. The van der Waals surface area contributed by atoms with Crippen LogP contribution in [0.1, 0.15) is 6.23 Å². The summed E-state index contributed by atoms with van der Waals surface area (Å²) in [7, 11) is -10.8. The lowest BCUT2D eigenvalue weighted by Crippen LogP contribution is -2.59. The van der Waals surface area contributed by atoms with Crippen molar-refractivity contribution in [2.45, 2.75) is 55.1 Å². The molecule has 37 heavy (non-hydrogen) atoms. The van der Waals surface area contributed by atoms with E-state index in [1.807, 2.05) is 4.98 Å². The van der Waals surface area contributed by atoms with Crippen LogP contribution in [0, 0.1) is 0 Å². The van der Waals surface area contributed by atoms with E-state index in [1.165, 1.54) is 0 Å². The summed E-state index contributed by atoms with van der Waals surface area (Å²) in [5.41, 5.74) is -1.73. The first kappa shape index (κ1) is 30.2. The number of hydrogen-bond acceptors (Lipinski definition) is 15. The molecule has 19 nitrogen and oxygen atoms in total. The average Bonchev–Trinajstić information content (AvgIpc) is 3.09. The first-order chi connectivity index (χ1) is 17.2. The van der Waals surface area contributed by atoms with Crippen LogP contribution >= 0.6 is 15.6 Å². The van der Waals surface area contributed by atoms with E-state index in [2.05, 4.69) is 13.4 Å². The van der Waals surface area contributed by atoms with Gasteiger partial charge < -0.3 is 49.9 Å². The average molecular weight is 580 g/mol. The predicted octanol–water partition coefficient (Wildman–Crippen LogP) is -4.75. The van der Waals surface area contributed by atoms with Crippen LogP contribution in [0.3, 0.4) is 0 Å². The second-order valence-electron chi connectivity index (χ2n) is 8.04. The molecule has 2 fully saturated rings. The normalized spacial score (nSPS) is 37.7. The monoisotopic (exact) mass is 580 g/mol. The summed E-state index contributed by atoms with van der Waals surface area (Å²) in [6.07, 6.45) is -13.9. The highest BCUT2D eigenvalue weighted by Gasteiger charge is 2.47. The van der Waals surface area contributed by atoms with Gasteiger partial charge in [-0.3, -0.25) is 23.4 Å². The summed E-state index contributed by atoms with van der Waals surface area (Å²) in [6.45, 7) is -2.77. The van der Waals surface area contributed by atoms with E-state index in [-0.39, 0.29) is 0 Å². The standard InChI is InChI=1S/C16H26N2O17P2/c19-3-6-10(21)13(24)11(22)7(33-6)4-31-36(27,28)35-37(29,30)32-5-8-12(23)14(25)15(34-8)18-2-1-9(20)17-16(18)26/h1-2,6-8,10-15,19,21-25H,3-5H2,(H,27,28)(H,29,30)(H,17,20,26)/t6-,7+,8-,10+,11+,12-,13+,14-,15-/m1/s1. The molecule has 2 unspecified atom stereocenters. The van der Waals surface area contributed by atoms with Gasteiger partial charge >= 0.3 is 21.3 Å². The minimum atomic E-state index is -5.41. The van der Waals surface area contributed by atoms with E-state index in [1.54, 1.807) is 0 Å². The van der Waals surface area contributed by atoms with E-state index in [9.17, 15) is 54.0 Å². The molecule has 21 heteroatoms. The molecule has 11 atom stereocenters. The third kappa shape index (κ3) is 7.18. The van der Waals surface area contributed by atoms with Crippen molar-refractivity contribution >= 4 is 15.6 Å². The molecule has 1 aromatic rings. The van der Waals surface area contributed by atoms with Crippen LogP contribution < -0.4 is 11.2 Å². The Bertz CT molecular complexity index is 1140. The van der Waals surface area contributed by atoms with Gasteiger partial charge in [-0.05, 0) is 0 Å². The van der Waals surface area contributed by atoms with Crippen LogP contribution in [0.4, 0.5) is 0 Å². The SMILES string of the molecule is O=c1ccn([C@@H]2O[C@H](COP(=O)(O)OP(=O)(O)OC[C@@H]3O[C@H](CO)[C@H](O)[C@H](O)[C@H]3O)[C@@H](O)[C@H]2O)c(=O)[nH]1. The van der Waals surface area contributed by atoms with Gasteiger partial charge in [-0.25, -0.2) is 13.9 Å². The first-order valence-electron chi connectivity index (χ1n) is 10.5. The van der Waals surface area contributed by atoms with Crippen molar-refractivity contribution in [2.24, 2.45) is 0 Å². The van der Waals surface area contributed by atoms with Gasteiger partial charge in [-0.1, -0.05) is 0 Å². The largest absolute Gasteiger partial charge is 0.481 e. The topological polar surface area (TPSA) is 297 Å². The zero-order valence-corrected chi connectivity index (χ0v) is 20.4. The molecule has 3 rings (SSSR count). The predicted molar refractivity (Wildman–Crippen MR) is 114 cm³/mol. The van der Waals surface area contributed by atoms with Crippen molar-refractivity contribution < 1.29 is 72.4 Å². The number of ether oxygens (including phenoxy) is 2. The Kier molecular flexibility index (Phi) is 9.61. The van der Waals surface area contributed by atoms with Gasteiger partial charge in [0.1, 0.15) is 48.8 Å². The maximum absolute atomic E-state index is 12.1. The van der Waals surface area contributed by atoms with Crippen molar-refractivity contribution in [1.29, 1.82) is 0 Å². The number of nitrogens with zero attached hydrogens (tertiary/aromatic N) is 1. The van der Waals surface area contributed by atoms with Crippen molar-refractivity contribution in [3.8, 4) is 0 Å². The Hall–Kier alpha value is -1.38. The van der Waals surface area contributed by atoms with Crippen LogP contribution in [0.15, 0.2) is 21.9 Å². The van der Waals surface area contributed by atoms with Crippen LogP contribution in [0.5, 0.6) is 0 Å². The number of rotatable bonds is 10. The number of aliphatic hydroxyl groups is 6. The van der Waals surface area contributed by atoms with Crippen LogP contribution in [-0.4, -0.2) is 119 Å². The summed E-state index contributed by atoms with van der Waals surface area (Å²) in [4.78, 5) is 44.5. The zero-order chi connectivity index (χ0) is 27.7. The molecule has 0 bridgehead atoms. The van der Waals surface area contributed by atoms with E-state index in [0.717, 1.165) is 16.8 Å². The molecule has 9 N–H and O–H groups in total. The molecule has 1 aromatic heterocycles. The summed E-state index contributed by atoms with van der Waals surface area (Å²) in [6, 6.07) is 0.937. The molecule has 2 aliphatic heterocycles. The molecule has 0 aliphatic carbocycles. The van der Waals surface area contributed by atoms with Crippen LogP contribution in [0.25, 0.3) is 0 Å². The highest BCUT2D eigenvalue weighted by molar-refractivity contribution is 7.61. The first-order valence-corrected chi connectivity index (χ1v) is 13.4. The molecular formula is C16H26N2O17P2. The highest BCUT2D eigenvalue weighted by atomic mass is 31.3. The van der Waals surface area contributed by atoms with Gasteiger partial charge in [0.25, 0.3) is 5.56 Å². The molecule has 0 radical (unpaired) electrons. The third-order valence-corrected chi connectivity index (χ3v) is 8.07. The number of hydrogen-bond donors (Lipinski definition) is 9. The molecule has 0 aromatic carbocycles. The molecule has 0 spiro atoms. The van der Waals surface area contributed by atoms with Gasteiger partial charge in [0, 0.05) is 12.3 Å². The molecule has 212 valence electrons. The fraction of sp³-hybridized carbons (Fsp3) is 0.750. The Balaban J connectivity index is 1.56. The smallest absolute Gasteiger partial charge is 0.394 e. The molecule has 3 heterocycles. The third-order valence-electron chi connectivity index (χ3n) is 5.46. The Morgan fingerprint density at radius 2 is 1.35 bits per heavy atom. The number of aromatic amines is 1. The fourth-order valence-electron chi connectivity index (χ4n) is 3.55. The highest BCUT2D eigenvalue weighted by Crippen LogP contribution is 2.60. The minimum Gasteiger partial charge on any atom is -0.394 e. The van der Waals surface area contributed by atoms with E-state index >= 15 is 0 Å². The van der Waals surface area contributed by atoms with Crippen LogP contribution in [0.2, 0.25) is 0 Å². The van der Waals surface area contributed by atoms with Gasteiger partial charge in [0.15, 0.2) is 6.23 Å². The maximum Gasteiger partial charge on any atom is 0.481 e. The van der Waals surface area contributed by atoms with Gasteiger partial charge in [-0.2, -0.15) is 4.31 Å². The van der Waals surface area contributed by atoms with Gasteiger partial charge in [0.2, 0.25) is 0 Å². The Labute approximate surface area is 206 Å². The molecule has 2 aliphatic rings. The van der Waals surface area contributed by atoms with Crippen molar-refractivity contribution in [3.05, 3.63) is 33.1 Å². The quantitative estimate of drug-likeness (QED) is 0.117. The van der Waals surface area contributed by atoms with Crippen molar-refractivity contribution in [2.75, 3.05) is 19.8 Å². The number of phosphoric ester groups is 2. The van der Waals surface area contributed by atoms with Crippen LogP contribution in [-0.2, 0) is 32.0 Å². The molecule has 0 saturated carbocycles. The molecule has 0 amide bonds. The lowest BCUT2D eigenvalue weighted by molar-refractivity contribution is -0.234. The van der Waals surface area contributed by atoms with E-state index < -0.39 is 102 Å².